The molecule has 39 heavy (non-hydrogen) atoms. The minimum Gasteiger partial charge on any atom is -0.346 e. The number of aliphatic imine (C=N–C) groups is 1. The monoisotopic (exact) mass is 557 g/mol. The molecule has 3 aliphatic carbocycles. The molecule has 2 saturated carbocycles. The van der Waals surface area contributed by atoms with Gasteiger partial charge in [-0.3, -0.25) is 14.4 Å². The van der Waals surface area contributed by atoms with Crippen molar-refractivity contribution in [2.75, 3.05) is 0 Å². The molecule has 3 heterocycles. The van der Waals surface area contributed by atoms with Crippen LogP contribution in [0.25, 0.3) is 5.00 Å². The van der Waals surface area contributed by atoms with E-state index in [1.54, 1.807) is 17.4 Å². The number of hydrogen-bond donors (Lipinski definition) is 1. The van der Waals surface area contributed by atoms with Crippen molar-refractivity contribution in [2.24, 2.45) is 10.9 Å². The van der Waals surface area contributed by atoms with Crippen molar-refractivity contribution in [3.63, 3.8) is 0 Å². The maximum absolute atomic E-state index is 13.9. The zero-order valence-electron chi connectivity index (χ0n) is 21.3. The SMILES string of the molecule is Cc1nnc2n1-c1sc3c(c1C(c1ccccc1Cl)=NC21CC1)C[C@H](C(=O)NC1(c2cccc(F)c2)CC1)C3. The highest BCUT2D eigenvalue weighted by Crippen LogP contribution is 2.54. The number of nitrogens with one attached hydrogen (secondary N) is 1. The fourth-order valence-electron chi connectivity index (χ4n) is 6.27. The Labute approximate surface area is 234 Å². The number of aromatic nitrogens is 3. The molecule has 2 aromatic carbocycles. The molecule has 0 saturated heterocycles. The Morgan fingerprint density at radius 3 is 2.67 bits per heavy atom. The summed E-state index contributed by atoms with van der Waals surface area (Å²) in [6.07, 6.45) is 4.78. The van der Waals surface area contributed by atoms with Gasteiger partial charge in [0.1, 0.15) is 22.2 Å². The lowest BCUT2D eigenvalue weighted by atomic mass is 9.96. The molecule has 0 bridgehead atoms. The maximum atomic E-state index is 13.9. The Balaban J connectivity index is 1.19. The summed E-state index contributed by atoms with van der Waals surface area (Å²) in [5.41, 5.74) is 4.01. The molecule has 8 rings (SSSR count). The number of nitrogens with zero attached hydrogens (tertiary/aromatic N) is 4. The molecule has 2 fully saturated rings. The van der Waals surface area contributed by atoms with Gasteiger partial charge in [0, 0.05) is 26.9 Å². The molecule has 1 spiro atoms. The molecule has 0 radical (unpaired) electrons. The van der Waals surface area contributed by atoms with E-state index in [1.165, 1.54) is 22.6 Å². The van der Waals surface area contributed by atoms with E-state index < -0.39 is 5.54 Å². The normalized spacial score (nSPS) is 21.0. The molecule has 1 amide bonds. The van der Waals surface area contributed by atoms with Gasteiger partial charge in [-0.05, 0) is 74.8 Å². The first kappa shape index (κ1) is 23.5. The third-order valence-electron chi connectivity index (χ3n) is 8.67. The van der Waals surface area contributed by atoms with Crippen molar-refractivity contribution >= 4 is 34.6 Å². The van der Waals surface area contributed by atoms with Crippen LogP contribution in [0.1, 0.15) is 64.5 Å². The second-order valence-corrected chi connectivity index (χ2v) is 12.7. The molecule has 1 atom stereocenters. The molecule has 1 aliphatic heterocycles. The topological polar surface area (TPSA) is 72.2 Å². The molecule has 6 nitrogen and oxygen atoms in total. The number of carbonyl (C=O) groups is 1. The summed E-state index contributed by atoms with van der Waals surface area (Å²) in [5.74, 6) is 1.30. The molecule has 1 N–H and O–H groups in total. The second kappa shape index (κ2) is 8.08. The maximum Gasteiger partial charge on any atom is 0.224 e. The van der Waals surface area contributed by atoms with Gasteiger partial charge >= 0.3 is 0 Å². The Hall–Kier alpha value is -3.36. The number of rotatable bonds is 4. The molecular formula is C30H25ClFN5OS. The summed E-state index contributed by atoms with van der Waals surface area (Å²) in [7, 11) is 0. The van der Waals surface area contributed by atoms with Crippen molar-refractivity contribution in [1.29, 1.82) is 0 Å². The zero-order valence-corrected chi connectivity index (χ0v) is 22.9. The minimum atomic E-state index is -0.455. The van der Waals surface area contributed by atoms with Crippen molar-refractivity contribution in [3.8, 4) is 5.00 Å². The summed E-state index contributed by atoms with van der Waals surface area (Å²) in [5, 5.41) is 14.0. The number of aryl methyl sites for hydroxylation is 1. The van der Waals surface area contributed by atoms with Crippen LogP contribution >= 0.6 is 22.9 Å². The van der Waals surface area contributed by atoms with Gasteiger partial charge in [0.05, 0.1) is 11.3 Å². The first-order valence-electron chi connectivity index (χ1n) is 13.4. The zero-order chi connectivity index (χ0) is 26.5. The molecule has 2 aromatic heterocycles. The van der Waals surface area contributed by atoms with E-state index in [-0.39, 0.29) is 23.2 Å². The van der Waals surface area contributed by atoms with E-state index in [2.05, 4.69) is 20.1 Å². The predicted molar refractivity (Wildman–Crippen MR) is 148 cm³/mol. The van der Waals surface area contributed by atoms with Crippen molar-refractivity contribution in [3.05, 3.63) is 98.2 Å². The number of amides is 1. The average Bonchev–Trinajstić information content (AvgIpc) is 3.76. The number of halogens is 2. The lowest BCUT2D eigenvalue weighted by Gasteiger charge is -2.21. The van der Waals surface area contributed by atoms with Crippen LogP contribution in [0, 0.1) is 18.7 Å². The third-order valence-corrected chi connectivity index (χ3v) is 10.2. The molecule has 4 aliphatic rings. The highest BCUT2D eigenvalue weighted by molar-refractivity contribution is 7.15. The van der Waals surface area contributed by atoms with E-state index in [1.807, 2.05) is 37.3 Å². The average molecular weight is 558 g/mol. The lowest BCUT2D eigenvalue weighted by molar-refractivity contribution is -0.125. The van der Waals surface area contributed by atoms with Crippen LogP contribution in [0.15, 0.2) is 53.5 Å². The van der Waals surface area contributed by atoms with E-state index in [0.717, 1.165) is 64.7 Å². The Kier molecular flexibility index (Phi) is 4.87. The van der Waals surface area contributed by atoms with Crippen LogP contribution in [0.5, 0.6) is 0 Å². The third kappa shape index (κ3) is 3.50. The van der Waals surface area contributed by atoms with Crippen LogP contribution in [-0.2, 0) is 28.7 Å². The molecule has 0 unspecified atom stereocenters. The number of benzene rings is 2. The van der Waals surface area contributed by atoms with Crippen LogP contribution in [0.2, 0.25) is 5.02 Å². The van der Waals surface area contributed by atoms with Gasteiger partial charge in [-0.1, -0.05) is 41.9 Å². The largest absolute Gasteiger partial charge is 0.346 e. The highest BCUT2D eigenvalue weighted by Gasteiger charge is 2.53. The molecule has 4 aromatic rings. The standard InChI is InChI=1S/C30H25ClFN5OS/c1-16-35-36-28-30(11-12-30)33-25(20-7-2-3-8-22(20)31)24-21-13-17(14-23(21)39-27(24)37(16)28)26(38)34-29(9-10-29)18-5-4-6-19(32)15-18/h2-8,15,17H,9-14H2,1H3,(H,34,38)/t17-/m0/s1. The predicted octanol–water partition coefficient (Wildman–Crippen LogP) is 5.79. The first-order valence-corrected chi connectivity index (χ1v) is 14.6. The Bertz CT molecular complexity index is 1730. The lowest BCUT2D eigenvalue weighted by Crippen LogP contribution is -2.39. The van der Waals surface area contributed by atoms with E-state index in [9.17, 15) is 9.18 Å². The number of fused-ring (bicyclic) bond motifs is 6. The fraction of sp³-hybridized carbons (Fsp3) is 0.333. The number of carbonyl (C=O) groups excluding carboxylic acids is 1. The van der Waals surface area contributed by atoms with Gasteiger partial charge in [0.2, 0.25) is 5.91 Å². The second-order valence-electron chi connectivity index (χ2n) is 11.2. The first-order chi connectivity index (χ1) is 18.9. The smallest absolute Gasteiger partial charge is 0.224 e. The van der Waals surface area contributed by atoms with E-state index in [4.69, 9.17) is 16.6 Å². The van der Waals surface area contributed by atoms with Crippen LogP contribution in [0.4, 0.5) is 4.39 Å². The summed E-state index contributed by atoms with van der Waals surface area (Å²) in [6, 6.07) is 14.4. The van der Waals surface area contributed by atoms with Gasteiger partial charge < -0.3 is 5.32 Å². The van der Waals surface area contributed by atoms with Gasteiger partial charge in [-0.25, -0.2) is 4.39 Å². The van der Waals surface area contributed by atoms with Gasteiger partial charge in [-0.15, -0.1) is 21.5 Å². The van der Waals surface area contributed by atoms with Gasteiger partial charge in [-0.2, -0.15) is 0 Å². The van der Waals surface area contributed by atoms with Crippen molar-refractivity contribution < 1.29 is 9.18 Å². The summed E-state index contributed by atoms with van der Waals surface area (Å²) in [6.45, 7) is 1.99. The summed E-state index contributed by atoms with van der Waals surface area (Å²) < 4.78 is 16.1. The Morgan fingerprint density at radius 2 is 1.92 bits per heavy atom. The van der Waals surface area contributed by atoms with E-state index >= 15 is 0 Å². The molecule has 9 heteroatoms. The van der Waals surface area contributed by atoms with Crippen molar-refractivity contribution in [1.82, 2.24) is 20.1 Å². The van der Waals surface area contributed by atoms with Gasteiger partial charge in [0.25, 0.3) is 0 Å². The summed E-state index contributed by atoms with van der Waals surface area (Å²) >= 11 is 8.46. The summed E-state index contributed by atoms with van der Waals surface area (Å²) in [4.78, 5) is 20.2. The van der Waals surface area contributed by atoms with Crippen LogP contribution in [-0.4, -0.2) is 26.4 Å². The van der Waals surface area contributed by atoms with E-state index in [0.29, 0.717) is 17.9 Å². The minimum absolute atomic E-state index is 0.0265. The molecule has 196 valence electrons. The Morgan fingerprint density at radius 1 is 1.10 bits per heavy atom. The fourth-order valence-corrected chi connectivity index (χ4v) is 7.96. The van der Waals surface area contributed by atoms with Crippen LogP contribution < -0.4 is 5.32 Å². The number of hydrogen-bond acceptors (Lipinski definition) is 5. The number of thiophene rings is 1. The highest BCUT2D eigenvalue weighted by atomic mass is 35.5. The van der Waals surface area contributed by atoms with Crippen LogP contribution in [0.3, 0.4) is 0 Å². The molecular weight excluding hydrogens is 533 g/mol. The van der Waals surface area contributed by atoms with Gasteiger partial charge in [0.15, 0.2) is 5.82 Å². The van der Waals surface area contributed by atoms with Crippen molar-refractivity contribution in [2.45, 2.75) is 56.5 Å². The quantitative estimate of drug-likeness (QED) is 0.345.